The summed E-state index contributed by atoms with van der Waals surface area (Å²) in [5.74, 6) is 0.547. The molecule has 186 valence electrons. The van der Waals surface area contributed by atoms with Gasteiger partial charge in [-0.05, 0) is 35.4 Å². The number of rotatable bonds is 4. The van der Waals surface area contributed by atoms with E-state index >= 15 is 0 Å². The zero-order valence-electron chi connectivity index (χ0n) is 20.9. The molecule has 5 heteroatoms. The van der Waals surface area contributed by atoms with Gasteiger partial charge in [0.05, 0.1) is 28.6 Å². The van der Waals surface area contributed by atoms with Crippen molar-refractivity contribution in [3.8, 4) is 34.1 Å². The van der Waals surface area contributed by atoms with E-state index in [4.69, 9.17) is 15.0 Å². The van der Waals surface area contributed by atoms with Crippen LogP contribution in [-0.4, -0.2) is 25.9 Å². The predicted octanol–water partition coefficient (Wildman–Crippen LogP) is 7.64. The third-order valence-electron chi connectivity index (χ3n) is 7.19. The van der Waals surface area contributed by atoms with Crippen molar-refractivity contribution >= 4 is 22.3 Å². The number of phenolic OH excluding ortho intramolecular Hbond substituents is 2. The topological polar surface area (TPSA) is 78.6 Å². The highest BCUT2D eigenvalue weighted by molar-refractivity contribution is 6.16. The van der Waals surface area contributed by atoms with Gasteiger partial charge in [-0.25, -0.2) is 15.0 Å². The van der Waals surface area contributed by atoms with Gasteiger partial charge in [0.15, 0.2) is 5.82 Å². The monoisotopic (exact) mass is 505 g/mol. The van der Waals surface area contributed by atoms with Crippen LogP contribution in [0.15, 0.2) is 126 Å². The molecule has 0 spiro atoms. The van der Waals surface area contributed by atoms with Gasteiger partial charge in [-0.3, -0.25) is 0 Å². The Balaban J connectivity index is 1.56. The Morgan fingerprint density at radius 2 is 1.18 bits per heavy atom. The van der Waals surface area contributed by atoms with Crippen molar-refractivity contribution in [2.45, 2.75) is 5.92 Å². The van der Waals surface area contributed by atoms with Gasteiger partial charge < -0.3 is 10.2 Å². The summed E-state index contributed by atoms with van der Waals surface area (Å²) in [7, 11) is 0. The lowest BCUT2D eigenvalue weighted by atomic mass is 9.85. The van der Waals surface area contributed by atoms with Gasteiger partial charge in [0, 0.05) is 16.5 Å². The van der Waals surface area contributed by atoms with E-state index in [-0.39, 0.29) is 17.4 Å². The molecule has 39 heavy (non-hydrogen) atoms. The molecule has 6 aromatic rings. The van der Waals surface area contributed by atoms with Gasteiger partial charge in [-0.15, -0.1) is 0 Å². The van der Waals surface area contributed by atoms with Gasteiger partial charge in [0.25, 0.3) is 0 Å². The zero-order chi connectivity index (χ0) is 26.3. The molecule has 0 aliphatic carbocycles. The number of fused-ring (bicyclic) bond motifs is 3. The quantitative estimate of drug-likeness (QED) is 0.258. The van der Waals surface area contributed by atoms with Crippen LogP contribution < -0.4 is 0 Å². The Hall–Kier alpha value is -5.29. The molecule has 5 nitrogen and oxygen atoms in total. The first-order valence-corrected chi connectivity index (χ1v) is 12.8. The van der Waals surface area contributed by atoms with Gasteiger partial charge in [-0.2, -0.15) is 0 Å². The molecule has 0 saturated carbocycles. The highest BCUT2D eigenvalue weighted by Crippen LogP contribution is 2.47. The Kier molecular flexibility index (Phi) is 5.41. The van der Waals surface area contributed by atoms with Crippen molar-refractivity contribution in [1.29, 1.82) is 0 Å². The Labute approximate surface area is 225 Å². The van der Waals surface area contributed by atoms with Crippen LogP contribution in [0.1, 0.15) is 22.6 Å². The highest BCUT2D eigenvalue weighted by Gasteiger charge is 2.33. The van der Waals surface area contributed by atoms with Crippen LogP contribution in [0.4, 0.5) is 5.69 Å². The summed E-state index contributed by atoms with van der Waals surface area (Å²) in [6.45, 7) is 0. The lowest BCUT2D eigenvalue weighted by Gasteiger charge is -2.17. The Bertz CT molecular complexity index is 1880. The van der Waals surface area contributed by atoms with Crippen LogP contribution >= 0.6 is 0 Å². The molecule has 2 heterocycles. The van der Waals surface area contributed by atoms with Crippen molar-refractivity contribution < 1.29 is 10.2 Å². The molecule has 1 atom stereocenters. The van der Waals surface area contributed by atoms with Crippen molar-refractivity contribution in [1.82, 2.24) is 9.97 Å². The highest BCUT2D eigenvalue weighted by atomic mass is 16.3. The van der Waals surface area contributed by atoms with Crippen LogP contribution in [0.2, 0.25) is 0 Å². The summed E-state index contributed by atoms with van der Waals surface area (Å²) in [6, 6.07) is 38.7. The van der Waals surface area contributed by atoms with E-state index < -0.39 is 0 Å². The van der Waals surface area contributed by atoms with Crippen LogP contribution in [0.3, 0.4) is 0 Å². The van der Waals surface area contributed by atoms with Gasteiger partial charge in [0.1, 0.15) is 17.0 Å². The van der Waals surface area contributed by atoms with E-state index in [2.05, 4.69) is 24.3 Å². The smallest absolute Gasteiger partial charge is 0.164 e. The van der Waals surface area contributed by atoms with Crippen LogP contribution in [0, 0.1) is 0 Å². The van der Waals surface area contributed by atoms with Gasteiger partial charge in [0.2, 0.25) is 0 Å². The Morgan fingerprint density at radius 1 is 0.564 bits per heavy atom. The molecule has 2 N–H and O–H groups in total. The molecule has 0 radical (unpaired) electrons. The van der Waals surface area contributed by atoms with Gasteiger partial charge in [-0.1, -0.05) is 97.1 Å². The molecule has 0 saturated heterocycles. The van der Waals surface area contributed by atoms with Crippen molar-refractivity contribution in [3.05, 3.63) is 138 Å². The minimum absolute atomic E-state index is 0.115. The Morgan fingerprint density at radius 3 is 1.87 bits per heavy atom. The maximum absolute atomic E-state index is 10.8. The van der Waals surface area contributed by atoms with Crippen molar-refractivity contribution in [2.75, 3.05) is 0 Å². The molecule has 1 aliphatic rings. The van der Waals surface area contributed by atoms with E-state index in [1.807, 2.05) is 78.9 Å². The summed E-state index contributed by atoms with van der Waals surface area (Å²) < 4.78 is 0. The second-order valence-electron chi connectivity index (χ2n) is 9.54. The zero-order valence-corrected chi connectivity index (χ0v) is 20.9. The summed E-state index contributed by atoms with van der Waals surface area (Å²) in [6.07, 6.45) is 0. The number of phenols is 2. The second-order valence-corrected chi connectivity index (χ2v) is 9.54. The second kappa shape index (κ2) is 9.23. The first-order chi connectivity index (χ1) is 19.2. The lowest BCUT2D eigenvalue weighted by Crippen LogP contribution is -2.11. The average Bonchev–Trinajstić information content (AvgIpc) is 3.38. The molecule has 0 bridgehead atoms. The molecule has 1 unspecified atom stereocenters. The molecule has 7 rings (SSSR count). The largest absolute Gasteiger partial charge is 0.507 e. The van der Waals surface area contributed by atoms with Crippen molar-refractivity contribution in [2.24, 2.45) is 4.99 Å². The first-order valence-electron chi connectivity index (χ1n) is 12.8. The minimum atomic E-state index is -0.178. The maximum Gasteiger partial charge on any atom is 0.164 e. The lowest BCUT2D eigenvalue weighted by molar-refractivity contribution is 0.474. The molecule has 1 aliphatic heterocycles. The number of hydrogen-bond acceptors (Lipinski definition) is 5. The summed E-state index contributed by atoms with van der Waals surface area (Å²) in [5, 5.41) is 22.3. The number of aliphatic imine (C=N–C) groups is 1. The third kappa shape index (κ3) is 3.83. The average molecular weight is 506 g/mol. The molecular formula is C34H23N3O2. The maximum atomic E-state index is 10.8. The minimum Gasteiger partial charge on any atom is -0.507 e. The van der Waals surface area contributed by atoms with Crippen LogP contribution in [0.25, 0.3) is 33.5 Å². The van der Waals surface area contributed by atoms with E-state index in [0.29, 0.717) is 22.5 Å². The number of benzene rings is 5. The number of nitrogens with zero attached hydrogens (tertiary/aromatic N) is 3. The summed E-state index contributed by atoms with van der Waals surface area (Å²) >= 11 is 0. The van der Waals surface area contributed by atoms with Crippen LogP contribution in [-0.2, 0) is 0 Å². The SMILES string of the molecule is Oc1ccccc1C1=Nc2c(ccc3c(-c4ccccc4)nc(-c4ccccc4O)nc23)C1c1ccccc1. The number of hydrogen-bond donors (Lipinski definition) is 2. The number of aromatic nitrogens is 2. The van der Waals surface area contributed by atoms with E-state index in [1.54, 1.807) is 18.2 Å². The van der Waals surface area contributed by atoms with Crippen LogP contribution in [0.5, 0.6) is 11.5 Å². The first kappa shape index (κ1) is 22.9. The predicted molar refractivity (Wildman–Crippen MR) is 155 cm³/mol. The summed E-state index contributed by atoms with van der Waals surface area (Å²) in [4.78, 5) is 15.1. The fraction of sp³-hybridized carbons (Fsp3) is 0.0294. The fourth-order valence-corrected chi connectivity index (χ4v) is 5.37. The number of aromatic hydroxyl groups is 2. The molecule has 5 aromatic carbocycles. The molecule has 0 fully saturated rings. The van der Waals surface area contributed by atoms with Crippen molar-refractivity contribution in [3.63, 3.8) is 0 Å². The standard InChI is InChI=1S/C34H23N3O2/c38-27-17-9-7-15-23(27)31-29(21-11-3-1-4-12-21)25-19-20-26-30(22-13-5-2-6-14-22)36-34(37-33(26)32(25)35-31)24-16-8-10-18-28(24)39/h1-20,29,38-39H. The summed E-state index contributed by atoms with van der Waals surface area (Å²) in [5.41, 5.74) is 7.26. The van der Waals surface area contributed by atoms with E-state index in [9.17, 15) is 10.2 Å². The fourth-order valence-electron chi connectivity index (χ4n) is 5.37. The van der Waals surface area contributed by atoms with Gasteiger partial charge >= 0.3 is 0 Å². The molecule has 0 amide bonds. The van der Waals surface area contributed by atoms with E-state index in [1.165, 1.54) is 0 Å². The van der Waals surface area contributed by atoms with E-state index in [0.717, 1.165) is 39.2 Å². The molecular weight excluding hydrogens is 482 g/mol. The molecule has 1 aromatic heterocycles. The third-order valence-corrected chi connectivity index (χ3v) is 7.19. The normalized spacial score (nSPS) is 14.3. The number of para-hydroxylation sites is 2.